The lowest BCUT2D eigenvalue weighted by atomic mass is 10.1. The van der Waals surface area contributed by atoms with Gasteiger partial charge in [-0.05, 0) is 67.8 Å². The maximum atomic E-state index is 12.8. The number of likely N-dealkylation sites (tertiary alicyclic amines) is 1. The van der Waals surface area contributed by atoms with E-state index in [2.05, 4.69) is 26.6 Å². The van der Waals surface area contributed by atoms with Crippen molar-refractivity contribution in [3.8, 4) is 0 Å². The number of carbonyl (C=O) groups is 1. The Morgan fingerprint density at radius 1 is 1.15 bits per heavy atom. The van der Waals surface area contributed by atoms with E-state index in [4.69, 9.17) is 4.99 Å². The van der Waals surface area contributed by atoms with E-state index in [1.165, 1.54) is 12.1 Å². The van der Waals surface area contributed by atoms with Crippen LogP contribution in [0.1, 0.15) is 35.7 Å². The standard InChI is InChI=1S/C25H26F3N5O/c1-17-6-7-18(15-22(31-17)33-13-2-3-14-33)16-30-23-21(5-4-12-29-23)24(34)32-20-10-8-19(9-11-20)25(26,27)28/h4-12,15,17H,2-3,13-14,16H2,1H3,(H,29,30)(H,32,34)/t17-/m1/s1. The van der Waals surface area contributed by atoms with Crippen LogP contribution in [0.25, 0.3) is 0 Å². The maximum Gasteiger partial charge on any atom is 0.416 e. The second kappa shape index (κ2) is 10.1. The number of rotatable bonds is 5. The predicted octanol–water partition coefficient (Wildman–Crippen LogP) is 5.14. The van der Waals surface area contributed by atoms with Crippen molar-refractivity contribution >= 4 is 23.2 Å². The molecule has 1 amide bonds. The third kappa shape index (κ3) is 5.84. The number of aromatic nitrogens is 1. The van der Waals surface area contributed by atoms with Crippen LogP contribution in [0, 0.1) is 0 Å². The molecule has 1 aromatic carbocycles. The number of carbonyl (C=O) groups excluding carboxylic acids is 1. The van der Waals surface area contributed by atoms with E-state index in [1.807, 2.05) is 19.1 Å². The second-order valence-electron chi connectivity index (χ2n) is 8.28. The summed E-state index contributed by atoms with van der Waals surface area (Å²) in [5, 5.41) is 5.85. The predicted molar refractivity (Wildman–Crippen MR) is 127 cm³/mol. The number of nitrogens with zero attached hydrogens (tertiary/aromatic N) is 3. The number of nitrogens with one attached hydrogen (secondary N) is 2. The van der Waals surface area contributed by atoms with Crippen LogP contribution >= 0.6 is 0 Å². The first kappa shape index (κ1) is 23.5. The molecule has 6 nitrogen and oxygen atoms in total. The fraction of sp³-hybridized carbons (Fsp3) is 0.320. The lowest BCUT2D eigenvalue weighted by Crippen LogP contribution is -2.27. The molecule has 2 aliphatic rings. The van der Waals surface area contributed by atoms with Crippen LogP contribution < -0.4 is 10.6 Å². The zero-order valence-electron chi connectivity index (χ0n) is 18.8. The fourth-order valence-electron chi connectivity index (χ4n) is 3.85. The number of aliphatic imine (C=N–C) groups is 1. The molecular weight excluding hydrogens is 443 g/mol. The average molecular weight is 470 g/mol. The van der Waals surface area contributed by atoms with Gasteiger partial charge in [0.05, 0.1) is 17.2 Å². The number of amidine groups is 1. The third-order valence-corrected chi connectivity index (χ3v) is 5.65. The SMILES string of the molecule is C[C@@H]1C=CC(CNc2ncccc2C(=O)Nc2ccc(C(F)(F)F)cc2)=CC(N2CCCC2)=N1. The fourth-order valence-corrected chi connectivity index (χ4v) is 3.85. The van der Waals surface area contributed by atoms with Gasteiger partial charge in [0.1, 0.15) is 11.7 Å². The Morgan fingerprint density at radius 2 is 1.88 bits per heavy atom. The highest BCUT2D eigenvalue weighted by molar-refractivity contribution is 6.07. The second-order valence-corrected chi connectivity index (χ2v) is 8.28. The molecule has 3 heterocycles. The minimum absolute atomic E-state index is 0.0734. The number of alkyl halides is 3. The summed E-state index contributed by atoms with van der Waals surface area (Å²) in [5.74, 6) is 0.889. The van der Waals surface area contributed by atoms with Crippen molar-refractivity contribution in [2.75, 3.05) is 30.3 Å². The van der Waals surface area contributed by atoms with Gasteiger partial charge in [0.25, 0.3) is 5.91 Å². The molecule has 0 unspecified atom stereocenters. The molecule has 0 radical (unpaired) electrons. The number of hydrogen-bond donors (Lipinski definition) is 2. The topological polar surface area (TPSA) is 69.6 Å². The number of hydrogen-bond acceptors (Lipinski definition) is 5. The molecule has 178 valence electrons. The largest absolute Gasteiger partial charge is 0.416 e. The summed E-state index contributed by atoms with van der Waals surface area (Å²) in [6.07, 6.45) is 5.59. The Hall–Kier alpha value is -3.62. The molecule has 2 N–H and O–H groups in total. The summed E-state index contributed by atoms with van der Waals surface area (Å²) in [7, 11) is 0. The van der Waals surface area contributed by atoms with Crippen molar-refractivity contribution in [1.82, 2.24) is 9.88 Å². The van der Waals surface area contributed by atoms with Crippen LogP contribution in [0.15, 0.2) is 71.4 Å². The number of pyridine rings is 1. The number of benzene rings is 1. The molecule has 2 aliphatic heterocycles. The van der Waals surface area contributed by atoms with Gasteiger partial charge >= 0.3 is 6.18 Å². The maximum absolute atomic E-state index is 12.8. The zero-order valence-corrected chi connectivity index (χ0v) is 18.8. The Bertz CT molecular complexity index is 1120. The molecule has 0 spiro atoms. The highest BCUT2D eigenvalue weighted by Crippen LogP contribution is 2.30. The lowest BCUT2D eigenvalue weighted by Gasteiger charge is -2.18. The van der Waals surface area contributed by atoms with Crippen LogP contribution in [0.5, 0.6) is 0 Å². The number of anilines is 2. The molecule has 0 aliphatic carbocycles. The van der Waals surface area contributed by atoms with Crippen molar-refractivity contribution in [2.24, 2.45) is 4.99 Å². The van der Waals surface area contributed by atoms with E-state index in [1.54, 1.807) is 18.3 Å². The van der Waals surface area contributed by atoms with Gasteiger partial charge < -0.3 is 15.5 Å². The lowest BCUT2D eigenvalue weighted by molar-refractivity contribution is -0.137. The summed E-state index contributed by atoms with van der Waals surface area (Å²) in [6.45, 7) is 4.47. The quantitative estimate of drug-likeness (QED) is 0.636. The van der Waals surface area contributed by atoms with Gasteiger partial charge in [0.2, 0.25) is 0 Å². The molecule has 34 heavy (non-hydrogen) atoms. The van der Waals surface area contributed by atoms with E-state index in [-0.39, 0.29) is 11.7 Å². The average Bonchev–Trinajstić information content (AvgIpc) is 3.28. The zero-order chi connectivity index (χ0) is 24.1. The van der Waals surface area contributed by atoms with Crippen molar-refractivity contribution < 1.29 is 18.0 Å². The molecule has 2 aromatic rings. The van der Waals surface area contributed by atoms with E-state index < -0.39 is 17.6 Å². The van der Waals surface area contributed by atoms with Crippen molar-refractivity contribution in [3.63, 3.8) is 0 Å². The first-order chi connectivity index (χ1) is 16.3. The summed E-state index contributed by atoms with van der Waals surface area (Å²) < 4.78 is 38.3. The van der Waals surface area contributed by atoms with Crippen molar-refractivity contribution in [2.45, 2.75) is 32.0 Å². The Balaban J connectivity index is 1.45. The molecule has 0 bridgehead atoms. The van der Waals surface area contributed by atoms with Gasteiger partial charge in [0.15, 0.2) is 0 Å². The van der Waals surface area contributed by atoms with E-state index in [0.29, 0.717) is 17.9 Å². The Kier molecular flexibility index (Phi) is 7.00. The van der Waals surface area contributed by atoms with Crippen molar-refractivity contribution in [3.05, 3.63) is 77.5 Å². The molecular formula is C25H26F3N5O. The molecule has 0 saturated carbocycles. The Morgan fingerprint density at radius 3 is 2.59 bits per heavy atom. The Labute approximate surface area is 196 Å². The number of amides is 1. The van der Waals surface area contributed by atoms with Crippen molar-refractivity contribution in [1.29, 1.82) is 0 Å². The van der Waals surface area contributed by atoms with E-state index in [0.717, 1.165) is 49.5 Å². The minimum Gasteiger partial charge on any atom is -0.365 e. The first-order valence-electron chi connectivity index (χ1n) is 11.2. The normalized spacial score (nSPS) is 18.2. The van der Waals surface area contributed by atoms with Crippen LogP contribution in [0.3, 0.4) is 0 Å². The first-order valence-corrected chi connectivity index (χ1v) is 11.2. The summed E-state index contributed by atoms with van der Waals surface area (Å²) in [5.41, 5.74) is 0.796. The van der Waals surface area contributed by atoms with Crippen LogP contribution in [0.4, 0.5) is 24.7 Å². The van der Waals surface area contributed by atoms with Gasteiger partial charge in [-0.1, -0.05) is 12.2 Å². The van der Waals surface area contributed by atoms with Gasteiger partial charge in [-0.15, -0.1) is 0 Å². The van der Waals surface area contributed by atoms with Crippen LogP contribution in [0.2, 0.25) is 0 Å². The molecule has 1 aromatic heterocycles. The summed E-state index contributed by atoms with van der Waals surface area (Å²) in [6, 6.07) is 7.65. The molecule has 9 heteroatoms. The van der Waals surface area contributed by atoms with Gasteiger partial charge in [-0.25, -0.2) is 4.98 Å². The monoisotopic (exact) mass is 469 g/mol. The number of halogens is 3. The highest BCUT2D eigenvalue weighted by Gasteiger charge is 2.30. The highest BCUT2D eigenvalue weighted by atomic mass is 19.4. The van der Waals surface area contributed by atoms with Gasteiger partial charge in [0, 0.05) is 31.5 Å². The van der Waals surface area contributed by atoms with E-state index in [9.17, 15) is 18.0 Å². The van der Waals surface area contributed by atoms with Gasteiger partial charge in [-0.3, -0.25) is 9.79 Å². The van der Waals surface area contributed by atoms with E-state index >= 15 is 0 Å². The third-order valence-electron chi connectivity index (χ3n) is 5.65. The smallest absolute Gasteiger partial charge is 0.365 e. The van der Waals surface area contributed by atoms with Crippen LogP contribution in [-0.2, 0) is 6.18 Å². The molecule has 1 saturated heterocycles. The summed E-state index contributed by atoms with van der Waals surface area (Å²) in [4.78, 5) is 24.2. The molecule has 1 fully saturated rings. The molecule has 1 atom stereocenters. The van der Waals surface area contributed by atoms with Gasteiger partial charge in [-0.2, -0.15) is 13.2 Å². The molecule has 4 rings (SSSR count). The minimum atomic E-state index is -4.43. The van der Waals surface area contributed by atoms with Crippen LogP contribution in [-0.4, -0.2) is 47.3 Å². The summed E-state index contributed by atoms with van der Waals surface area (Å²) >= 11 is 0.